The standard InChI is InChI=1S/C17H15ClN2O4S/c1-19-13-12(14(21)10-4-2-3-5-11(10)18)15(17(22)23)25-16(13)20-6-8-24-9-7-20/h2-5,14,21H,6-9H2,(H,22,23). The lowest BCUT2D eigenvalue weighted by atomic mass is 10.0. The first-order chi connectivity index (χ1) is 12.0. The van der Waals surface area contributed by atoms with E-state index in [4.69, 9.17) is 22.9 Å². The fourth-order valence-electron chi connectivity index (χ4n) is 2.78. The third-order valence-electron chi connectivity index (χ3n) is 3.98. The van der Waals surface area contributed by atoms with Gasteiger partial charge in [0.1, 0.15) is 4.88 Å². The number of ether oxygens (including phenoxy) is 1. The lowest BCUT2D eigenvalue weighted by molar-refractivity contribution is 0.0697. The second-order valence-electron chi connectivity index (χ2n) is 5.44. The van der Waals surface area contributed by atoms with Gasteiger partial charge in [0.25, 0.3) is 0 Å². The average Bonchev–Trinajstić information content (AvgIpc) is 3.02. The van der Waals surface area contributed by atoms with Crippen LogP contribution in [-0.4, -0.2) is 42.5 Å². The second-order valence-corrected chi connectivity index (χ2v) is 6.85. The molecular weight excluding hydrogens is 364 g/mol. The van der Waals surface area contributed by atoms with E-state index >= 15 is 0 Å². The monoisotopic (exact) mass is 378 g/mol. The van der Waals surface area contributed by atoms with Crippen molar-refractivity contribution in [2.75, 3.05) is 31.2 Å². The fourth-order valence-corrected chi connectivity index (χ4v) is 4.18. The van der Waals surface area contributed by atoms with Gasteiger partial charge in [-0.25, -0.2) is 9.64 Å². The molecule has 130 valence electrons. The van der Waals surface area contributed by atoms with Crippen molar-refractivity contribution in [1.29, 1.82) is 0 Å². The zero-order chi connectivity index (χ0) is 18.0. The number of aromatic carboxylic acids is 1. The van der Waals surface area contributed by atoms with E-state index in [2.05, 4.69) is 4.85 Å². The van der Waals surface area contributed by atoms with Crippen molar-refractivity contribution >= 4 is 39.6 Å². The Labute approximate surface area is 153 Å². The number of aliphatic hydroxyl groups is 1. The Morgan fingerprint density at radius 3 is 2.64 bits per heavy atom. The lowest BCUT2D eigenvalue weighted by Gasteiger charge is -2.28. The summed E-state index contributed by atoms with van der Waals surface area (Å²) >= 11 is 7.15. The SMILES string of the molecule is [C-]#[N+]c1c(N2CCOCC2)sc(C(=O)O)c1C(O)c1ccccc1Cl. The minimum absolute atomic E-state index is 0.0417. The van der Waals surface area contributed by atoms with E-state index in [0.717, 1.165) is 11.3 Å². The van der Waals surface area contributed by atoms with Gasteiger partial charge in [-0.3, -0.25) is 0 Å². The maximum Gasteiger partial charge on any atom is 0.344 e. The maximum atomic E-state index is 11.7. The van der Waals surface area contributed by atoms with E-state index in [9.17, 15) is 15.0 Å². The molecular formula is C17H15ClN2O4S. The summed E-state index contributed by atoms with van der Waals surface area (Å²) in [6.45, 7) is 9.72. The molecule has 1 aliphatic rings. The Balaban J connectivity index is 2.14. The number of thiophene rings is 1. The van der Waals surface area contributed by atoms with Gasteiger partial charge in [0.2, 0.25) is 5.69 Å². The smallest absolute Gasteiger partial charge is 0.344 e. The van der Waals surface area contributed by atoms with Gasteiger partial charge in [0, 0.05) is 29.2 Å². The Morgan fingerprint density at radius 2 is 2.04 bits per heavy atom. The summed E-state index contributed by atoms with van der Waals surface area (Å²) in [4.78, 5) is 17.1. The topological polar surface area (TPSA) is 74.4 Å². The molecule has 1 fully saturated rings. The third-order valence-corrected chi connectivity index (χ3v) is 5.57. The van der Waals surface area contributed by atoms with Gasteiger partial charge in [-0.1, -0.05) is 29.8 Å². The van der Waals surface area contributed by atoms with Crippen molar-refractivity contribution in [3.63, 3.8) is 0 Å². The number of carboxylic acid groups (broad SMARTS) is 1. The molecule has 25 heavy (non-hydrogen) atoms. The molecule has 1 aromatic heterocycles. The molecule has 2 aromatic rings. The Hall–Kier alpha value is -2.11. The van der Waals surface area contributed by atoms with Crippen LogP contribution in [0.3, 0.4) is 0 Å². The molecule has 1 atom stereocenters. The summed E-state index contributed by atoms with van der Waals surface area (Å²) in [6.07, 6.45) is -1.28. The summed E-state index contributed by atoms with van der Waals surface area (Å²) in [5, 5.41) is 21.3. The second kappa shape index (κ2) is 7.42. The van der Waals surface area contributed by atoms with Crippen molar-refractivity contribution in [3.05, 3.63) is 56.7 Å². The number of nitrogens with zero attached hydrogens (tertiary/aromatic N) is 2. The summed E-state index contributed by atoms with van der Waals surface area (Å²) in [5.41, 5.74) is 0.640. The van der Waals surface area contributed by atoms with Gasteiger partial charge >= 0.3 is 5.97 Å². The number of rotatable bonds is 4. The summed E-state index contributed by atoms with van der Waals surface area (Å²) in [6, 6.07) is 6.67. The highest BCUT2D eigenvalue weighted by Gasteiger charge is 2.31. The van der Waals surface area contributed by atoms with Crippen molar-refractivity contribution in [3.8, 4) is 0 Å². The number of aliphatic hydroxyl groups excluding tert-OH is 1. The largest absolute Gasteiger partial charge is 0.477 e. The van der Waals surface area contributed by atoms with Crippen molar-refractivity contribution in [2.24, 2.45) is 0 Å². The molecule has 0 amide bonds. The Morgan fingerprint density at radius 1 is 1.36 bits per heavy atom. The van der Waals surface area contributed by atoms with E-state index in [-0.39, 0.29) is 16.1 Å². The molecule has 1 unspecified atom stereocenters. The van der Waals surface area contributed by atoms with E-state index in [1.807, 2.05) is 4.90 Å². The van der Waals surface area contributed by atoms with E-state index in [0.29, 0.717) is 41.9 Å². The zero-order valence-electron chi connectivity index (χ0n) is 13.1. The van der Waals surface area contributed by atoms with E-state index < -0.39 is 12.1 Å². The zero-order valence-corrected chi connectivity index (χ0v) is 14.7. The van der Waals surface area contributed by atoms with Crippen LogP contribution >= 0.6 is 22.9 Å². The number of carboxylic acids is 1. The van der Waals surface area contributed by atoms with Crippen molar-refractivity contribution < 1.29 is 19.7 Å². The molecule has 2 N–H and O–H groups in total. The molecule has 0 saturated carbocycles. The molecule has 0 bridgehead atoms. The van der Waals surface area contributed by atoms with Crippen molar-refractivity contribution in [1.82, 2.24) is 0 Å². The van der Waals surface area contributed by atoms with Crippen LogP contribution in [0.15, 0.2) is 24.3 Å². The number of carbonyl (C=O) groups is 1. The minimum atomic E-state index is -1.28. The summed E-state index contributed by atoms with van der Waals surface area (Å²) in [5.74, 6) is -1.17. The minimum Gasteiger partial charge on any atom is -0.477 e. The predicted molar refractivity (Wildman–Crippen MR) is 96.1 cm³/mol. The highest BCUT2D eigenvalue weighted by Crippen LogP contribution is 2.48. The van der Waals surface area contributed by atoms with Gasteiger partial charge in [-0.15, -0.1) is 11.3 Å². The summed E-state index contributed by atoms with van der Waals surface area (Å²) in [7, 11) is 0. The fraction of sp³-hybridized carbons (Fsp3) is 0.294. The predicted octanol–water partition coefficient (Wildman–Crippen LogP) is 3.57. The number of halogens is 1. The molecule has 0 spiro atoms. The first-order valence-corrected chi connectivity index (χ1v) is 8.76. The number of anilines is 1. The van der Waals surface area contributed by atoms with Gasteiger partial charge < -0.3 is 19.8 Å². The number of benzene rings is 1. The number of hydrogen-bond acceptors (Lipinski definition) is 5. The third kappa shape index (κ3) is 3.34. The summed E-state index contributed by atoms with van der Waals surface area (Å²) < 4.78 is 5.31. The lowest BCUT2D eigenvalue weighted by Crippen LogP contribution is -2.35. The maximum absolute atomic E-state index is 11.7. The molecule has 3 rings (SSSR count). The highest BCUT2D eigenvalue weighted by molar-refractivity contribution is 7.18. The first kappa shape index (κ1) is 17.7. The molecule has 2 heterocycles. The first-order valence-electron chi connectivity index (χ1n) is 7.57. The molecule has 0 aliphatic carbocycles. The Kier molecular flexibility index (Phi) is 5.25. The van der Waals surface area contributed by atoms with Crippen LogP contribution in [0.2, 0.25) is 5.02 Å². The van der Waals surface area contributed by atoms with Crippen LogP contribution < -0.4 is 4.90 Å². The van der Waals surface area contributed by atoms with Gasteiger partial charge in [-0.05, 0) is 6.07 Å². The highest BCUT2D eigenvalue weighted by atomic mass is 35.5. The number of hydrogen-bond donors (Lipinski definition) is 2. The van der Waals surface area contributed by atoms with Crippen LogP contribution in [0.1, 0.15) is 26.9 Å². The molecule has 6 nitrogen and oxygen atoms in total. The number of morpholine rings is 1. The van der Waals surface area contributed by atoms with E-state index in [1.54, 1.807) is 24.3 Å². The van der Waals surface area contributed by atoms with Crippen LogP contribution in [0, 0.1) is 6.57 Å². The quantitative estimate of drug-likeness (QED) is 0.795. The normalized spacial score (nSPS) is 15.6. The molecule has 1 aromatic carbocycles. The van der Waals surface area contributed by atoms with Crippen LogP contribution in [0.25, 0.3) is 4.85 Å². The van der Waals surface area contributed by atoms with Gasteiger partial charge in [0.15, 0.2) is 0 Å². The average molecular weight is 379 g/mol. The van der Waals surface area contributed by atoms with Crippen molar-refractivity contribution in [2.45, 2.75) is 6.10 Å². The van der Waals surface area contributed by atoms with Crippen LogP contribution in [-0.2, 0) is 4.74 Å². The molecule has 1 aliphatic heterocycles. The van der Waals surface area contributed by atoms with Gasteiger partial charge in [-0.2, -0.15) is 0 Å². The van der Waals surface area contributed by atoms with E-state index in [1.165, 1.54) is 0 Å². The molecule has 0 radical (unpaired) electrons. The Bertz CT molecular complexity index is 840. The van der Waals surface area contributed by atoms with Gasteiger partial charge in [0.05, 0.1) is 30.9 Å². The molecule has 8 heteroatoms. The van der Waals surface area contributed by atoms with Crippen LogP contribution in [0.5, 0.6) is 0 Å². The molecule has 1 saturated heterocycles. The van der Waals surface area contributed by atoms with Crippen LogP contribution in [0.4, 0.5) is 10.7 Å².